The second-order valence-electron chi connectivity index (χ2n) is 5.23. The number of hydrogen-bond acceptors (Lipinski definition) is 3. The topological polar surface area (TPSA) is 68.0 Å². The molecule has 0 unspecified atom stereocenters. The van der Waals surface area contributed by atoms with Gasteiger partial charge in [-0.15, -0.1) is 5.10 Å². The number of carbonyl (C=O) groups is 1. The summed E-state index contributed by atoms with van der Waals surface area (Å²) in [7, 11) is 0. The molecule has 0 saturated carbocycles. The Balaban J connectivity index is 2.68. The van der Waals surface area contributed by atoms with Gasteiger partial charge >= 0.3 is 5.97 Å². The molecule has 100 valence electrons. The summed E-state index contributed by atoms with van der Waals surface area (Å²) in [5, 5.41) is 16.7. The van der Waals surface area contributed by atoms with Gasteiger partial charge in [-0.05, 0) is 18.2 Å². The molecule has 5 nitrogen and oxygen atoms in total. The van der Waals surface area contributed by atoms with Gasteiger partial charge in [-0.3, -0.25) is 0 Å². The Kier molecular flexibility index (Phi) is 3.09. The molecule has 0 bridgehead atoms. The summed E-state index contributed by atoms with van der Waals surface area (Å²) < 4.78 is 14.6. The second-order valence-corrected chi connectivity index (χ2v) is 5.23. The summed E-state index contributed by atoms with van der Waals surface area (Å²) in [6, 6.07) is 5.79. The number of aromatic nitrogens is 3. The fourth-order valence-electron chi connectivity index (χ4n) is 1.89. The quantitative estimate of drug-likeness (QED) is 0.903. The van der Waals surface area contributed by atoms with Gasteiger partial charge in [0.05, 0.1) is 11.4 Å². The van der Waals surface area contributed by atoms with Crippen LogP contribution < -0.4 is 0 Å². The summed E-state index contributed by atoms with van der Waals surface area (Å²) in [4.78, 5) is 11.2. The van der Waals surface area contributed by atoms with Gasteiger partial charge in [0.2, 0.25) is 0 Å². The first-order valence-electron chi connectivity index (χ1n) is 5.76. The van der Waals surface area contributed by atoms with Crippen molar-refractivity contribution in [2.75, 3.05) is 0 Å². The molecule has 1 aromatic carbocycles. The predicted octanol–water partition coefficient (Wildman–Crippen LogP) is 2.40. The molecule has 0 atom stereocenters. The number of aromatic carboxylic acids is 1. The van der Waals surface area contributed by atoms with E-state index in [9.17, 15) is 9.18 Å². The minimum Gasteiger partial charge on any atom is -0.476 e. The van der Waals surface area contributed by atoms with Crippen LogP contribution in [0, 0.1) is 5.82 Å². The van der Waals surface area contributed by atoms with Crippen LogP contribution in [-0.2, 0) is 5.41 Å². The van der Waals surface area contributed by atoms with E-state index in [0.717, 1.165) is 0 Å². The van der Waals surface area contributed by atoms with Crippen molar-refractivity contribution in [1.29, 1.82) is 0 Å². The summed E-state index contributed by atoms with van der Waals surface area (Å²) in [5.41, 5.74) is 0.288. The van der Waals surface area contributed by atoms with Crippen molar-refractivity contribution >= 4 is 5.97 Å². The molecule has 0 aliphatic rings. The average molecular weight is 263 g/mol. The molecule has 0 aliphatic heterocycles. The van der Waals surface area contributed by atoms with Gasteiger partial charge in [0.1, 0.15) is 5.82 Å². The van der Waals surface area contributed by atoms with Gasteiger partial charge in [0.15, 0.2) is 5.69 Å². The molecule has 2 rings (SSSR count). The molecular formula is C13H14FN3O2. The number of benzene rings is 1. The molecule has 1 heterocycles. The molecule has 19 heavy (non-hydrogen) atoms. The number of halogens is 1. The third-order valence-electron chi connectivity index (χ3n) is 2.64. The largest absolute Gasteiger partial charge is 0.476 e. The highest BCUT2D eigenvalue weighted by Gasteiger charge is 2.29. The van der Waals surface area contributed by atoms with Crippen LogP contribution >= 0.6 is 0 Å². The number of carboxylic acids is 1. The number of rotatable bonds is 2. The Labute approximate surface area is 109 Å². The second kappa shape index (κ2) is 4.46. The monoisotopic (exact) mass is 263 g/mol. The standard InChI is InChI=1S/C13H14FN3O2/c1-13(2,3)11-10(12(18)19)15-16-17(11)9-6-4-5-8(14)7-9/h4-7H,1-3H3,(H,18,19). The molecule has 0 amide bonds. The maximum absolute atomic E-state index is 13.3. The molecular weight excluding hydrogens is 249 g/mol. The van der Waals surface area contributed by atoms with Gasteiger partial charge in [0, 0.05) is 5.41 Å². The normalized spacial score (nSPS) is 11.6. The van der Waals surface area contributed by atoms with E-state index < -0.39 is 17.2 Å². The molecule has 1 N–H and O–H groups in total. The number of carboxylic acid groups (broad SMARTS) is 1. The van der Waals surface area contributed by atoms with Crippen LogP contribution in [0.3, 0.4) is 0 Å². The lowest BCUT2D eigenvalue weighted by Gasteiger charge is -2.20. The van der Waals surface area contributed by atoms with Crippen LogP contribution in [0.15, 0.2) is 24.3 Å². The highest BCUT2D eigenvalue weighted by Crippen LogP contribution is 2.27. The predicted molar refractivity (Wildman–Crippen MR) is 67.0 cm³/mol. The van der Waals surface area contributed by atoms with E-state index in [1.807, 2.05) is 20.8 Å². The Morgan fingerprint density at radius 1 is 1.37 bits per heavy atom. The highest BCUT2D eigenvalue weighted by atomic mass is 19.1. The fourth-order valence-corrected chi connectivity index (χ4v) is 1.89. The SMILES string of the molecule is CC(C)(C)c1c(C(=O)O)nnn1-c1cccc(F)c1. The zero-order valence-corrected chi connectivity index (χ0v) is 10.9. The van der Waals surface area contributed by atoms with Crippen molar-refractivity contribution in [3.05, 3.63) is 41.5 Å². The number of hydrogen-bond donors (Lipinski definition) is 1. The van der Waals surface area contributed by atoms with Crippen molar-refractivity contribution in [3.63, 3.8) is 0 Å². The van der Waals surface area contributed by atoms with E-state index in [2.05, 4.69) is 10.3 Å². The lowest BCUT2D eigenvalue weighted by Crippen LogP contribution is -2.21. The van der Waals surface area contributed by atoms with E-state index in [4.69, 9.17) is 5.11 Å². The lowest BCUT2D eigenvalue weighted by atomic mass is 9.90. The minimum atomic E-state index is -1.15. The third kappa shape index (κ3) is 2.47. The molecule has 1 aromatic heterocycles. The smallest absolute Gasteiger partial charge is 0.358 e. The first kappa shape index (κ1) is 13.2. The van der Waals surface area contributed by atoms with Crippen LogP contribution in [0.25, 0.3) is 5.69 Å². The molecule has 6 heteroatoms. The summed E-state index contributed by atoms with van der Waals surface area (Å²) >= 11 is 0. The van der Waals surface area contributed by atoms with Crippen molar-refractivity contribution in [1.82, 2.24) is 15.0 Å². The maximum atomic E-state index is 13.3. The summed E-state index contributed by atoms with van der Waals surface area (Å²) in [6.45, 7) is 5.57. The van der Waals surface area contributed by atoms with Crippen molar-refractivity contribution < 1.29 is 14.3 Å². The van der Waals surface area contributed by atoms with Crippen LogP contribution in [0.2, 0.25) is 0 Å². The molecule has 0 fully saturated rings. The van der Waals surface area contributed by atoms with Crippen LogP contribution in [0.5, 0.6) is 0 Å². The Morgan fingerprint density at radius 3 is 2.58 bits per heavy atom. The molecule has 0 saturated heterocycles. The first-order valence-corrected chi connectivity index (χ1v) is 5.76. The van der Waals surface area contributed by atoms with Crippen LogP contribution in [-0.4, -0.2) is 26.1 Å². The van der Waals surface area contributed by atoms with Gasteiger partial charge in [-0.25, -0.2) is 13.9 Å². The lowest BCUT2D eigenvalue weighted by molar-refractivity contribution is 0.0687. The molecule has 0 aliphatic carbocycles. The van der Waals surface area contributed by atoms with Crippen molar-refractivity contribution in [2.24, 2.45) is 0 Å². The van der Waals surface area contributed by atoms with Gasteiger partial charge in [-0.2, -0.15) is 0 Å². The molecule has 0 spiro atoms. The minimum absolute atomic E-state index is 0.114. The van der Waals surface area contributed by atoms with Crippen LogP contribution in [0.1, 0.15) is 37.0 Å². The zero-order chi connectivity index (χ0) is 14.2. The van der Waals surface area contributed by atoms with Crippen molar-refractivity contribution in [3.8, 4) is 5.69 Å². The van der Waals surface area contributed by atoms with Crippen molar-refractivity contribution in [2.45, 2.75) is 26.2 Å². The maximum Gasteiger partial charge on any atom is 0.358 e. The summed E-state index contributed by atoms with van der Waals surface area (Å²) in [5.74, 6) is -1.56. The van der Waals surface area contributed by atoms with Crippen LogP contribution in [0.4, 0.5) is 4.39 Å². The number of nitrogens with zero attached hydrogens (tertiary/aromatic N) is 3. The summed E-state index contributed by atoms with van der Waals surface area (Å²) in [6.07, 6.45) is 0. The average Bonchev–Trinajstić information content (AvgIpc) is 2.73. The Morgan fingerprint density at radius 2 is 2.05 bits per heavy atom. The van der Waals surface area contributed by atoms with E-state index in [0.29, 0.717) is 11.4 Å². The Hall–Kier alpha value is -2.24. The van der Waals surface area contributed by atoms with Gasteiger partial charge in [0.25, 0.3) is 0 Å². The van der Waals surface area contributed by atoms with Gasteiger partial charge < -0.3 is 5.11 Å². The highest BCUT2D eigenvalue weighted by molar-refractivity contribution is 5.87. The van der Waals surface area contributed by atoms with E-state index in [1.165, 1.54) is 16.8 Å². The fraction of sp³-hybridized carbons (Fsp3) is 0.308. The third-order valence-corrected chi connectivity index (χ3v) is 2.64. The first-order chi connectivity index (χ1) is 8.80. The molecule has 0 radical (unpaired) electrons. The molecule has 2 aromatic rings. The van der Waals surface area contributed by atoms with Gasteiger partial charge in [-0.1, -0.05) is 32.1 Å². The Bertz CT molecular complexity index is 629. The van der Waals surface area contributed by atoms with E-state index >= 15 is 0 Å². The van der Waals surface area contributed by atoms with E-state index in [1.54, 1.807) is 12.1 Å². The zero-order valence-electron chi connectivity index (χ0n) is 10.9. The van der Waals surface area contributed by atoms with E-state index in [-0.39, 0.29) is 5.69 Å².